The summed E-state index contributed by atoms with van der Waals surface area (Å²) in [5.74, 6) is 2.15. The molecule has 1 fully saturated rings. The molecule has 2 heteroatoms. The molecule has 0 aliphatic heterocycles. The maximum Gasteiger partial charge on any atom is 0.306 e. The van der Waals surface area contributed by atoms with Crippen molar-refractivity contribution in [2.75, 3.05) is 6.61 Å². The quantitative estimate of drug-likeness (QED) is 0.652. The van der Waals surface area contributed by atoms with Crippen LogP contribution in [0.3, 0.4) is 0 Å². The zero-order valence-electron chi connectivity index (χ0n) is 9.58. The van der Waals surface area contributed by atoms with Crippen LogP contribution in [-0.2, 0) is 9.53 Å². The summed E-state index contributed by atoms with van der Waals surface area (Å²) in [6.07, 6.45) is 4.29. The highest BCUT2D eigenvalue weighted by molar-refractivity contribution is 5.69. The van der Waals surface area contributed by atoms with Gasteiger partial charge in [-0.15, -0.1) is 0 Å². The van der Waals surface area contributed by atoms with Gasteiger partial charge in [-0.2, -0.15) is 0 Å². The van der Waals surface area contributed by atoms with Crippen molar-refractivity contribution in [2.24, 2.45) is 17.8 Å². The maximum absolute atomic E-state index is 11.3. The molecule has 0 radical (unpaired) electrons. The van der Waals surface area contributed by atoms with Gasteiger partial charge in [0, 0.05) is 6.42 Å². The van der Waals surface area contributed by atoms with Crippen LogP contribution in [0.15, 0.2) is 0 Å². The van der Waals surface area contributed by atoms with Gasteiger partial charge in [-0.1, -0.05) is 20.3 Å². The van der Waals surface area contributed by atoms with E-state index in [-0.39, 0.29) is 5.97 Å². The molecule has 0 aromatic heterocycles. The van der Waals surface area contributed by atoms with Crippen LogP contribution in [0, 0.1) is 17.8 Å². The lowest BCUT2D eigenvalue weighted by molar-refractivity contribution is -0.144. The van der Waals surface area contributed by atoms with Crippen LogP contribution in [-0.4, -0.2) is 12.6 Å². The van der Waals surface area contributed by atoms with E-state index in [1.165, 1.54) is 19.3 Å². The molecule has 2 nitrogen and oxygen atoms in total. The molecule has 0 heterocycles. The van der Waals surface area contributed by atoms with Crippen LogP contribution in [0.5, 0.6) is 0 Å². The van der Waals surface area contributed by atoms with Crippen LogP contribution in [0.4, 0.5) is 0 Å². The van der Waals surface area contributed by atoms with Crippen LogP contribution in [0.25, 0.3) is 0 Å². The van der Waals surface area contributed by atoms with E-state index >= 15 is 0 Å². The zero-order valence-corrected chi connectivity index (χ0v) is 9.58. The van der Waals surface area contributed by atoms with Gasteiger partial charge in [0.15, 0.2) is 0 Å². The van der Waals surface area contributed by atoms with E-state index in [4.69, 9.17) is 4.74 Å². The predicted octanol–water partition coefficient (Wildman–Crippen LogP) is 3.01. The summed E-state index contributed by atoms with van der Waals surface area (Å²) in [6, 6.07) is 0. The topological polar surface area (TPSA) is 26.3 Å². The van der Waals surface area contributed by atoms with Gasteiger partial charge in [0.05, 0.1) is 6.61 Å². The van der Waals surface area contributed by atoms with Gasteiger partial charge in [-0.05, 0) is 37.5 Å². The number of carbonyl (C=O) groups is 1. The summed E-state index contributed by atoms with van der Waals surface area (Å²) in [5, 5.41) is 0. The molecule has 1 rings (SSSR count). The normalized spacial score (nSPS) is 32.6. The van der Waals surface area contributed by atoms with Gasteiger partial charge in [0.1, 0.15) is 0 Å². The highest BCUT2D eigenvalue weighted by atomic mass is 16.5. The molecule has 14 heavy (non-hydrogen) atoms. The summed E-state index contributed by atoms with van der Waals surface area (Å²) in [6.45, 7) is 6.98. The Morgan fingerprint density at radius 3 is 2.57 bits per heavy atom. The number of rotatable bonds is 3. The van der Waals surface area contributed by atoms with E-state index < -0.39 is 0 Å². The second-order valence-corrected chi connectivity index (χ2v) is 4.64. The molecule has 1 saturated carbocycles. The first kappa shape index (κ1) is 11.5. The zero-order chi connectivity index (χ0) is 10.6. The maximum atomic E-state index is 11.3. The van der Waals surface area contributed by atoms with Crippen LogP contribution in [0.2, 0.25) is 0 Å². The molecule has 3 atom stereocenters. The molecule has 82 valence electrons. The smallest absolute Gasteiger partial charge is 0.306 e. The number of hydrogen-bond acceptors (Lipinski definition) is 2. The first-order valence-electron chi connectivity index (χ1n) is 5.79. The number of esters is 1. The summed E-state index contributed by atoms with van der Waals surface area (Å²) in [4.78, 5) is 11.3. The Morgan fingerprint density at radius 1 is 1.29 bits per heavy atom. The number of hydrogen-bond donors (Lipinski definition) is 0. The molecule has 0 aromatic carbocycles. The predicted molar refractivity (Wildman–Crippen MR) is 56.9 cm³/mol. The molecule has 0 spiro atoms. The lowest BCUT2D eigenvalue weighted by Crippen LogP contribution is -2.23. The molecule has 0 aromatic rings. The van der Waals surface area contributed by atoms with Crippen molar-refractivity contribution in [1.82, 2.24) is 0 Å². The van der Waals surface area contributed by atoms with Crippen molar-refractivity contribution in [3.63, 3.8) is 0 Å². The van der Waals surface area contributed by atoms with E-state index in [1.807, 2.05) is 6.92 Å². The summed E-state index contributed by atoms with van der Waals surface area (Å²) in [5.41, 5.74) is 0. The summed E-state index contributed by atoms with van der Waals surface area (Å²) >= 11 is 0. The van der Waals surface area contributed by atoms with E-state index in [9.17, 15) is 4.79 Å². The van der Waals surface area contributed by atoms with Gasteiger partial charge in [0.2, 0.25) is 0 Å². The Bertz CT molecular complexity index is 189. The Labute approximate surface area is 87.0 Å². The van der Waals surface area contributed by atoms with Gasteiger partial charge in [-0.25, -0.2) is 0 Å². The van der Waals surface area contributed by atoms with Crippen molar-refractivity contribution in [2.45, 2.75) is 46.5 Å². The minimum atomic E-state index is -0.0146. The first-order valence-corrected chi connectivity index (χ1v) is 5.79. The highest BCUT2D eigenvalue weighted by Gasteiger charge is 2.26. The second-order valence-electron chi connectivity index (χ2n) is 4.64. The Balaban J connectivity index is 2.29. The van der Waals surface area contributed by atoms with E-state index in [1.54, 1.807) is 0 Å². The van der Waals surface area contributed by atoms with Crippen LogP contribution >= 0.6 is 0 Å². The number of carbonyl (C=O) groups excluding carboxylic acids is 1. The molecule has 1 aliphatic carbocycles. The fourth-order valence-corrected chi connectivity index (χ4v) is 2.30. The third-order valence-corrected chi connectivity index (χ3v) is 3.47. The largest absolute Gasteiger partial charge is 0.466 e. The van der Waals surface area contributed by atoms with E-state index in [2.05, 4.69) is 13.8 Å². The molecular weight excluding hydrogens is 176 g/mol. The molecular formula is C12H22O2. The van der Waals surface area contributed by atoms with Gasteiger partial charge in [0.25, 0.3) is 0 Å². The third kappa shape index (κ3) is 3.32. The molecule has 0 N–H and O–H groups in total. The Morgan fingerprint density at radius 2 is 2.00 bits per heavy atom. The minimum absolute atomic E-state index is 0.0146. The van der Waals surface area contributed by atoms with Gasteiger partial charge >= 0.3 is 5.97 Å². The van der Waals surface area contributed by atoms with Crippen molar-refractivity contribution >= 4 is 5.97 Å². The van der Waals surface area contributed by atoms with E-state index in [0.29, 0.717) is 18.9 Å². The lowest BCUT2D eigenvalue weighted by atomic mass is 9.75. The summed E-state index contributed by atoms with van der Waals surface area (Å²) in [7, 11) is 0. The lowest BCUT2D eigenvalue weighted by Gasteiger charge is -2.31. The monoisotopic (exact) mass is 198 g/mol. The molecule has 0 saturated heterocycles. The molecule has 0 amide bonds. The number of ether oxygens (including phenoxy) is 1. The average molecular weight is 198 g/mol. The summed E-state index contributed by atoms with van der Waals surface area (Å²) < 4.78 is 4.97. The van der Waals surface area contributed by atoms with Crippen molar-refractivity contribution < 1.29 is 9.53 Å². The molecule has 3 unspecified atom stereocenters. The van der Waals surface area contributed by atoms with Crippen molar-refractivity contribution in [3.05, 3.63) is 0 Å². The van der Waals surface area contributed by atoms with Gasteiger partial charge < -0.3 is 4.74 Å². The fourth-order valence-electron chi connectivity index (χ4n) is 2.30. The van der Waals surface area contributed by atoms with Crippen molar-refractivity contribution in [3.8, 4) is 0 Å². The SMILES string of the molecule is CCOC(=O)CC1CCC(C)C(C)C1. The van der Waals surface area contributed by atoms with Crippen LogP contribution in [0.1, 0.15) is 46.5 Å². The first-order chi connectivity index (χ1) is 6.63. The Kier molecular flexibility index (Phi) is 4.43. The Hall–Kier alpha value is -0.530. The van der Waals surface area contributed by atoms with E-state index in [0.717, 1.165) is 11.8 Å². The minimum Gasteiger partial charge on any atom is -0.466 e. The standard InChI is InChI=1S/C12H22O2/c1-4-14-12(13)8-11-6-5-9(2)10(3)7-11/h9-11H,4-8H2,1-3H3. The van der Waals surface area contributed by atoms with Crippen LogP contribution < -0.4 is 0 Å². The van der Waals surface area contributed by atoms with Crippen molar-refractivity contribution in [1.29, 1.82) is 0 Å². The molecule has 0 bridgehead atoms. The molecule has 1 aliphatic rings. The fraction of sp³-hybridized carbons (Fsp3) is 0.917. The second kappa shape index (κ2) is 5.38. The highest BCUT2D eigenvalue weighted by Crippen LogP contribution is 2.34. The average Bonchev–Trinajstić information content (AvgIpc) is 2.12. The van der Waals surface area contributed by atoms with Gasteiger partial charge in [-0.3, -0.25) is 4.79 Å². The third-order valence-electron chi connectivity index (χ3n) is 3.47.